The minimum atomic E-state index is -1.28. The molecule has 0 aliphatic carbocycles. The molecule has 0 saturated heterocycles. The molecule has 0 spiro atoms. The Labute approximate surface area is 113 Å². The fourth-order valence-corrected chi connectivity index (χ4v) is 1.10. The Morgan fingerprint density at radius 2 is 1.16 bits per heavy atom. The summed E-state index contributed by atoms with van der Waals surface area (Å²) in [6, 6.07) is 0. The predicted molar refractivity (Wildman–Crippen MR) is 65.0 cm³/mol. The molecule has 0 amide bonds. The molecule has 0 aliphatic rings. The zero-order chi connectivity index (χ0) is 14.3. The molecule has 0 aromatic rings. The lowest BCUT2D eigenvalue weighted by atomic mass is 10.3. The second-order valence-corrected chi connectivity index (χ2v) is 3.83. The summed E-state index contributed by atoms with van der Waals surface area (Å²) in [6.45, 7) is 4.58. The van der Waals surface area contributed by atoms with E-state index >= 15 is 0 Å². The van der Waals surface area contributed by atoms with Crippen molar-refractivity contribution in [3.8, 4) is 0 Å². The van der Waals surface area contributed by atoms with Crippen LogP contribution < -0.4 is 0 Å². The van der Waals surface area contributed by atoms with E-state index in [4.69, 9.17) is 0 Å². The van der Waals surface area contributed by atoms with E-state index in [0.29, 0.717) is 0 Å². The summed E-state index contributed by atoms with van der Waals surface area (Å²) in [5.74, 6) is 0. The molecule has 0 N–H and O–H groups in total. The molecule has 0 saturated carbocycles. The van der Waals surface area contributed by atoms with Gasteiger partial charge in [0.25, 0.3) is 0 Å². The van der Waals surface area contributed by atoms with E-state index in [0.717, 1.165) is 38.5 Å². The summed E-state index contributed by atoms with van der Waals surface area (Å²) in [5.41, 5.74) is 0. The Hall–Kier alpha value is -1.34. The van der Waals surface area contributed by atoms with Gasteiger partial charge >= 0.3 is 12.3 Å². The lowest BCUT2D eigenvalue weighted by molar-refractivity contribution is -0.271. The molecule has 7 nitrogen and oxygen atoms in total. The van der Waals surface area contributed by atoms with E-state index in [9.17, 15) is 9.59 Å². The van der Waals surface area contributed by atoms with Gasteiger partial charge in [-0.3, -0.25) is 9.78 Å². The molecule has 112 valence electrons. The average molecular weight is 278 g/mol. The molecule has 0 aliphatic heterocycles. The first kappa shape index (κ1) is 17.7. The minimum absolute atomic E-state index is 0.255. The number of unbranched alkanes of at least 4 members (excludes halogenated alkanes) is 4. The van der Waals surface area contributed by atoms with Crippen molar-refractivity contribution in [2.24, 2.45) is 0 Å². The Morgan fingerprint density at radius 1 is 0.737 bits per heavy atom. The van der Waals surface area contributed by atoms with Crippen LogP contribution in [0.1, 0.15) is 52.4 Å². The van der Waals surface area contributed by atoms with Crippen LogP contribution in [0.3, 0.4) is 0 Å². The quantitative estimate of drug-likeness (QED) is 0.199. The smallest absolute Gasteiger partial charge is 0.323 e. The van der Waals surface area contributed by atoms with E-state index in [1.54, 1.807) is 0 Å². The number of hydrogen-bond acceptors (Lipinski definition) is 7. The highest BCUT2D eigenvalue weighted by Crippen LogP contribution is 1.98. The summed E-state index contributed by atoms with van der Waals surface area (Å²) in [6.07, 6.45) is 2.93. The van der Waals surface area contributed by atoms with Crippen molar-refractivity contribution in [1.29, 1.82) is 0 Å². The minimum Gasteiger partial charge on any atom is -0.323 e. The Kier molecular flexibility index (Phi) is 12.2. The van der Waals surface area contributed by atoms with Gasteiger partial charge < -0.3 is 4.74 Å². The number of carbonyl (C=O) groups is 2. The van der Waals surface area contributed by atoms with Crippen molar-refractivity contribution >= 4 is 12.3 Å². The van der Waals surface area contributed by atoms with Crippen LogP contribution in [-0.4, -0.2) is 25.5 Å². The van der Waals surface area contributed by atoms with Gasteiger partial charge in [-0.2, -0.15) is 9.78 Å². The first-order valence-corrected chi connectivity index (χ1v) is 6.55. The SMILES string of the molecule is CCCCCOOC(=O)OC(=O)OOCCCCC. The number of rotatable bonds is 10. The van der Waals surface area contributed by atoms with Gasteiger partial charge in [0.05, 0.1) is 13.2 Å². The number of carbonyl (C=O) groups excluding carboxylic acids is 2. The van der Waals surface area contributed by atoms with Crippen LogP contribution in [0.25, 0.3) is 0 Å². The molecule has 0 radical (unpaired) electrons. The molecule has 0 atom stereocenters. The van der Waals surface area contributed by atoms with E-state index in [1.807, 2.05) is 13.8 Å². The molecule has 19 heavy (non-hydrogen) atoms. The third-order valence-electron chi connectivity index (χ3n) is 2.08. The van der Waals surface area contributed by atoms with Crippen LogP contribution in [0.2, 0.25) is 0 Å². The molecule has 0 aromatic heterocycles. The van der Waals surface area contributed by atoms with Gasteiger partial charge in [-0.15, -0.1) is 0 Å². The molecule has 7 heteroatoms. The zero-order valence-corrected chi connectivity index (χ0v) is 11.5. The maximum Gasteiger partial charge on any atom is 0.550 e. The topological polar surface area (TPSA) is 80.3 Å². The molecule has 0 rings (SSSR count). The maximum atomic E-state index is 10.9. The second kappa shape index (κ2) is 13.1. The van der Waals surface area contributed by atoms with Crippen LogP contribution >= 0.6 is 0 Å². The highest BCUT2D eigenvalue weighted by Gasteiger charge is 2.15. The van der Waals surface area contributed by atoms with Gasteiger partial charge in [-0.05, 0) is 12.8 Å². The first-order chi connectivity index (χ1) is 9.20. The molecule has 0 fully saturated rings. The fourth-order valence-electron chi connectivity index (χ4n) is 1.10. The fraction of sp³-hybridized carbons (Fsp3) is 0.833. The van der Waals surface area contributed by atoms with Crippen molar-refractivity contribution in [3.05, 3.63) is 0 Å². The van der Waals surface area contributed by atoms with Crippen LogP contribution in [0.5, 0.6) is 0 Å². The Morgan fingerprint density at radius 3 is 1.53 bits per heavy atom. The zero-order valence-electron chi connectivity index (χ0n) is 11.5. The van der Waals surface area contributed by atoms with Gasteiger partial charge in [-0.1, -0.05) is 39.5 Å². The van der Waals surface area contributed by atoms with Gasteiger partial charge in [0.1, 0.15) is 0 Å². The Bertz CT molecular complexity index is 218. The van der Waals surface area contributed by atoms with Crippen molar-refractivity contribution in [1.82, 2.24) is 0 Å². The third-order valence-corrected chi connectivity index (χ3v) is 2.08. The van der Waals surface area contributed by atoms with E-state index in [1.165, 1.54) is 0 Å². The van der Waals surface area contributed by atoms with Crippen molar-refractivity contribution in [2.75, 3.05) is 13.2 Å². The van der Waals surface area contributed by atoms with Crippen LogP contribution in [0, 0.1) is 0 Å². The standard InChI is InChI=1S/C12H22O7/c1-3-5-7-9-15-18-11(13)17-12(14)19-16-10-8-6-4-2/h3-10H2,1-2H3. The number of ether oxygens (including phenoxy) is 1. The normalized spacial score (nSPS) is 10.0. The van der Waals surface area contributed by atoms with Gasteiger partial charge in [-0.25, -0.2) is 9.59 Å². The summed E-state index contributed by atoms with van der Waals surface area (Å²) in [4.78, 5) is 39.2. The van der Waals surface area contributed by atoms with Gasteiger partial charge in [0, 0.05) is 0 Å². The van der Waals surface area contributed by atoms with Gasteiger partial charge in [0.15, 0.2) is 0 Å². The highest BCUT2D eigenvalue weighted by atomic mass is 17.3. The average Bonchev–Trinajstić information content (AvgIpc) is 2.38. The largest absolute Gasteiger partial charge is 0.550 e. The molecular formula is C12H22O7. The molecule has 0 unspecified atom stereocenters. The lowest BCUT2D eigenvalue weighted by Crippen LogP contribution is -2.16. The number of hydrogen-bond donors (Lipinski definition) is 0. The summed E-state index contributed by atoms with van der Waals surface area (Å²) < 4.78 is 4.09. The highest BCUT2D eigenvalue weighted by molar-refractivity contribution is 5.76. The van der Waals surface area contributed by atoms with Crippen molar-refractivity contribution < 1.29 is 33.9 Å². The van der Waals surface area contributed by atoms with Gasteiger partial charge in [0.2, 0.25) is 0 Å². The predicted octanol–water partition coefficient (Wildman–Crippen LogP) is 3.52. The summed E-state index contributed by atoms with van der Waals surface area (Å²) in [5, 5.41) is 0. The van der Waals surface area contributed by atoms with Crippen LogP contribution in [-0.2, 0) is 24.3 Å². The summed E-state index contributed by atoms with van der Waals surface area (Å²) in [7, 11) is 0. The summed E-state index contributed by atoms with van der Waals surface area (Å²) >= 11 is 0. The third kappa shape index (κ3) is 12.9. The van der Waals surface area contributed by atoms with E-state index in [2.05, 4.69) is 24.3 Å². The molecule has 0 heterocycles. The van der Waals surface area contributed by atoms with E-state index < -0.39 is 12.3 Å². The second-order valence-electron chi connectivity index (χ2n) is 3.83. The lowest BCUT2D eigenvalue weighted by Gasteiger charge is -2.04. The Balaban J connectivity index is 3.40. The van der Waals surface area contributed by atoms with Crippen molar-refractivity contribution in [3.63, 3.8) is 0 Å². The van der Waals surface area contributed by atoms with Crippen molar-refractivity contribution in [2.45, 2.75) is 52.4 Å². The van der Waals surface area contributed by atoms with E-state index in [-0.39, 0.29) is 13.2 Å². The first-order valence-electron chi connectivity index (χ1n) is 6.55. The van der Waals surface area contributed by atoms with Crippen LogP contribution in [0.15, 0.2) is 0 Å². The molecule has 0 bridgehead atoms. The maximum absolute atomic E-state index is 10.9. The molecule has 0 aromatic carbocycles. The molecular weight excluding hydrogens is 256 g/mol. The monoisotopic (exact) mass is 278 g/mol. The van der Waals surface area contributed by atoms with Crippen LogP contribution in [0.4, 0.5) is 9.59 Å².